The molecule has 1 heterocycles. The Morgan fingerprint density at radius 3 is 2.92 bits per heavy atom. The fraction of sp³-hybridized carbons (Fsp3) is 0.444. The van der Waals surface area contributed by atoms with E-state index in [1.807, 2.05) is 31.5 Å². The highest BCUT2D eigenvalue weighted by Gasteiger charge is 2.05. The standard InChI is InChI=1S/C9H13NOS/c1-3-9(11)10(2)7-8-5-4-6-12-8/h4-6H,3,7H2,1-2H3. The topological polar surface area (TPSA) is 20.3 Å². The van der Waals surface area contributed by atoms with E-state index in [4.69, 9.17) is 0 Å². The first-order valence-electron chi connectivity index (χ1n) is 4.00. The first-order valence-corrected chi connectivity index (χ1v) is 4.88. The van der Waals surface area contributed by atoms with E-state index >= 15 is 0 Å². The molecule has 12 heavy (non-hydrogen) atoms. The van der Waals surface area contributed by atoms with E-state index in [1.165, 1.54) is 4.88 Å². The molecule has 1 amide bonds. The zero-order valence-electron chi connectivity index (χ0n) is 7.41. The van der Waals surface area contributed by atoms with E-state index in [2.05, 4.69) is 0 Å². The van der Waals surface area contributed by atoms with Gasteiger partial charge in [-0.3, -0.25) is 4.79 Å². The van der Waals surface area contributed by atoms with Crippen molar-refractivity contribution in [3.05, 3.63) is 22.4 Å². The molecule has 0 aliphatic rings. The number of hydrogen-bond donors (Lipinski definition) is 0. The van der Waals surface area contributed by atoms with Gasteiger partial charge in [-0.15, -0.1) is 11.3 Å². The molecule has 0 aromatic carbocycles. The molecule has 0 saturated heterocycles. The number of amides is 1. The van der Waals surface area contributed by atoms with Gasteiger partial charge in [0.2, 0.25) is 5.91 Å². The van der Waals surface area contributed by atoms with Crippen molar-refractivity contribution in [3.63, 3.8) is 0 Å². The zero-order valence-corrected chi connectivity index (χ0v) is 8.23. The molecule has 0 unspecified atom stereocenters. The summed E-state index contributed by atoms with van der Waals surface area (Å²) in [4.78, 5) is 14.2. The van der Waals surface area contributed by atoms with Crippen LogP contribution in [0, 0.1) is 0 Å². The molecule has 0 spiro atoms. The minimum absolute atomic E-state index is 0.198. The highest BCUT2D eigenvalue weighted by Crippen LogP contribution is 2.10. The van der Waals surface area contributed by atoms with E-state index in [-0.39, 0.29) is 5.91 Å². The van der Waals surface area contributed by atoms with Gasteiger partial charge in [-0.1, -0.05) is 13.0 Å². The molecule has 0 bridgehead atoms. The Bertz CT molecular complexity index is 243. The van der Waals surface area contributed by atoms with Crippen LogP contribution in [0.2, 0.25) is 0 Å². The lowest BCUT2D eigenvalue weighted by Crippen LogP contribution is -2.24. The third-order valence-corrected chi connectivity index (χ3v) is 2.56. The van der Waals surface area contributed by atoms with E-state index in [0.717, 1.165) is 6.54 Å². The van der Waals surface area contributed by atoms with Crippen LogP contribution in [0.1, 0.15) is 18.2 Å². The molecule has 0 aliphatic carbocycles. The van der Waals surface area contributed by atoms with E-state index in [9.17, 15) is 4.79 Å². The summed E-state index contributed by atoms with van der Waals surface area (Å²) in [6, 6.07) is 4.05. The maximum Gasteiger partial charge on any atom is 0.222 e. The van der Waals surface area contributed by atoms with Gasteiger partial charge >= 0.3 is 0 Å². The Morgan fingerprint density at radius 1 is 1.67 bits per heavy atom. The Morgan fingerprint density at radius 2 is 2.42 bits per heavy atom. The fourth-order valence-electron chi connectivity index (χ4n) is 0.994. The summed E-state index contributed by atoms with van der Waals surface area (Å²) in [6.45, 7) is 2.62. The van der Waals surface area contributed by atoms with Crippen LogP contribution >= 0.6 is 11.3 Å². The highest BCUT2D eigenvalue weighted by molar-refractivity contribution is 7.09. The van der Waals surface area contributed by atoms with Crippen LogP contribution in [0.15, 0.2) is 17.5 Å². The third kappa shape index (κ3) is 2.34. The SMILES string of the molecule is CCC(=O)N(C)Cc1cccs1. The minimum atomic E-state index is 0.198. The second-order valence-electron chi connectivity index (χ2n) is 2.68. The highest BCUT2D eigenvalue weighted by atomic mass is 32.1. The number of rotatable bonds is 3. The lowest BCUT2D eigenvalue weighted by Gasteiger charge is -2.14. The largest absolute Gasteiger partial charge is 0.341 e. The summed E-state index contributed by atoms with van der Waals surface area (Å²) >= 11 is 1.69. The average Bonchev–Trinajstić information content (AvgIpc) is 2.55. The molecular weight excluding hydrogens is 170 g/mol. The van der Waals surface area contributed by atoms with Crippen molar-refractivity contribution in [2.75, 3.05) is 7.05 Å². The molecule has 0 radical (unpaired) electrons. The number of hydrogen-bond acceptors (Lipinski definition) is 2. The van der Waals surface area contributed by atoms with Crippen molar-refractivity contribution in [3.8, 4) is 0 Å². The van der Waals surface area contributed by atoms with Crippen molar-refractivity contribution >= 4 is 17.2 Å². The van der Waals surface area contributed by atoms with Gasteiger partial charge in [0.25, 0.3) is 0 Å². The Balaban J connectivity index is 2.47. The van der Waals surface area contributed by atoms with Gasteiger partial charge in [0, 0.05) is 18.3 Å². The van der Waals surface area contributed by atoms with Gasteiger partial charge < -0.3 is 4.90 Å². The number of carbonyl (C=O) groups excluding carboxylic acids is 1. The van der Waals surface area contributed by atoms with Crippen LogP contribution in [0.3, 0.4) is 0 Å². The third-order valence-electron chi connectivity index (χ3n) is 1.70. The van der Waals surface area contributed by atoms with Crippen LogP contribution in [0.25, 0.3) is 0 Å². The van der Waals surface area contributed by atoms with Crippen LogP contribution in [0.4, 0.5) is 0 Å². The zero-order chi connectivity index (χ0) is 8.97. The van der Waals surface area contributed by atoms with Crippen molar-refractivity contribution in [1.29, 1.82) is 0 Å². The lowest BCUT2D eigenvalue weighted by atomic mass is 10.4. The second-order valence-corrected chi connectivity index (χ2v) is 3.71. The number of nitrogens with zero attached hydrogens (tertiary/aromatic N) is 1. The molecule has 0 saturated carbocycles. The van der Waals surface area contributed by atoms with Crippen molar-refractivity contribution in [1.82, 2.24) is 4.90 Å². The van der Waals surface area contributed by atoms with Crippen molar-refractivity contribution < 1.29 is 4.79 Å². The molecule has 0 aliphatic heterocycles. The maximum absolute atomic E-state index is 11.2. The fourth-order valence-corrected chi connectivity index (χ4v) is 1.75. The van der Waals surface area contributed by atoms with Gasteiger partial charge in [-0.05, 0) is 11.4 Å². The Kier molecular flexibility index (Phi) is 3.29. The molecule has 1 aromatic heterocycles. The van der Waals surface area contributed by atoms with Gasteiger partial charge in [-0.25, -0.2) is 0 Å². The molecule has 0 atom stereocenters. The summed E-state index contributed by atoms with van der Waals surface area (Å²) in [5.41, 5.74) is 0. The predicted octanol–water partition coefficient (Wildman–Crippen LogP) is 2.12. The van der Waals surface area contributed by atoms with Crippen molar-refractivity contribution in [2.45, 2.75) is 19.9 Å². The number of thiophene rings is 1. The molecule has 66 valence electrons. The van der Waals surface area contributed by atoms with Crippen LogP contribution < -0.4 is 0 Å². The summed E-state index contributed by atoms with van der Waals surface area (Å²) < 4.78 is 0. The van der Waals surface area contributed by atoms with E-state index < -0.39 is 0 Å². The molecule has 1 aromatic rings. The maximum atomic E-state index is 11.2. The van der Waals surface area contributed by atoms with Gasteiger partial charge in [-0.2, -0.15) is 0 Å². The first-order chi connectivity index (χ1) is 5.74. The van der Waals surface area contributed by atoms with Crippen molar-refractivity contribution in [2.24, 2.45) is 0 Å². The summed E-state index contributed by atoms with van der Waals surface area (Å²) in [5, 5.41) is 2.03. The molecule has 2 nitrogen and oxygen atoms in total. The summed E-state index contributed by atoms with van der Waals surface area (Å²) in [7, 11) is 1.84. The van der Waals surface area contributed by atoms with Crippen LogP contribution in [-0.4, -0.2) is 17.9 Å². The smallest absolute Gasteiger partial charge is 0.222 e. The van der Waals surface area contributed by atoms with E-state index in [0.29, 0.717) is 6.42 Å². The average molecular weight is 183 g/mol. The van der Waals surface area contributed by atoms with Gasteiger partial charge in [0.15, 0.2) is 0 Å². The molecule has 3 heteroatoms. The second kappa shape index (κ2) is 4.26. The minimum Gasteiger partial charge on any atom is -0.341 e. The predicted molar refractivity (Wildman–Crippen MR) is 51.1 cm³/mol. The summed E-state index contributed by atoms with van der Waals surface area (Å²) in [5.74, 6) is 0.198. The van der Waals surface area contributed by atoms with Gasteiger partial charge in [0.1, 0.15) is 0 Å². The normalized spacial score (nSPS) is 9.83. The first kappa shape index (κ1) is 9.26. The quantitative estimate of drug-likeness (QED) is 0.703. The molecule has 1 rings (SSSR count). The molecule has 0 fully saturated rings. The van der Waals surface area contributed by atoms with Gasteiger partial charge in [0.05, 0.1) is 6.54 Å². The monoisotopic (exact) mass is 183 g/mol. The van der Waals surface area contributed by atoms with Crippen LogP contribution in [-0.2, 0) is 11.3 Å². The number of carbonyl (C=O) groups is 1. The Labute approximate surface area is 76.8 Å². The lowest BCUT2D eigenvalue weighted by molar-refractivity contribution is -0.130. The summed E-state index contributed by atoms with van der Waals surface area (Å²) in [6.07, 6.45) is 0.585. The van der Waals surface area contributed by atoms with E-state index in [1.54, 1.807) is 16.2 Å². The molecular formula is C9H13NOS. The molecule has 0 N–H and O–H groups in total. The van der Waals surface area contributed by atoms with Crippen LogP contribution in [0.5, 0.6) is 0 Å². The Hall–Kier alpha value is -0.830.